The summed E-state index contributed by atoms with van der Waals surface area (Å²) in [5.41, 5.74) is 1.04. The maximum Gasteiger partial charge on any atom is 0.269 e. The summed E-state index contributed by atoms with van der Waals surface area (Å²) < 4.78 is 5.76. The minimum Gasteiger partial charge on any atom is -0.376 e. The van der Waals surface area contributed by atoms with Crippen LogP contribution in [0.5, 0.6) is 0 Å². The Kier molecular flexibility index (Phi) is 11.3. The summed E-state index contributed by atoms with van der Waals surface area (Å²) in [6.07, 6.45) is 4.74. The molecule has 0 bridgehead atoms. The lowest BCUT2D eigenvalue weighted by Crippen LogP contribution is -2.43. The highest BCUT2D eigenvalue weighted by atomic mass is 127. The standard InChI is InChI=1S/C19H30N4O3.HI/c1-15(2)10-11-20-19(22-14-18-5-3-4-12-26-18)21-13-16-6-8-17(9-7-16)23(24)25;/h6-9,15,18H,3-5,10-14H2,1-2H3,(H2,20,21,22);1H. The molecule has 1 fully saturated rings. The van der Waals surface area contributed by atoms with Crippen LogP contribution >= 0.6 is 24.0 Å². The number of non-ortho nitro benzene ring substituents is 1. The number of halogens is 1. The van der Waals surface area contributed by atoms with Gasteiger partial charge in [0.15, 0.2) is 5.96 Å². The predicted molar refractivity (Wildman–Crippen MR) is 119 cm³/mol. The van der Waals surface area contributed by atoms with Gasteiger partial charge in [-0.15, -0.1) is 24.0 Å². The number of benzene rings is 1. The van der Waals surface area contributed by atoms with Gasteiger partial charge in [-0.1, -0.05) is 26.0 Å². The Labute approximate surface area is 178 Å². The molecule has 1 heterocycles. The second-order valence-electron chi connectivity index (χ2n) is 7.07. The maximum atomic E-state index is 10.7. The van der Waals surface area contributed by atoms with Gasteiger partial charge in [0.25, 0.3) is 5.69 Å². The molecule has 1 saturated heterocycles. The minimum absolute atomic E-state index is 0. The molecule has 1 aromatic rings. The largest absolute Gasteiger partial charge is 0.376 e. The van der Waals surface area contributed by atoms with E-state index in [0.29, 0.717) is 12.5 Å². The molecular weight excluding hydrogens is 459 g/mol. The fraction of sp³-hybridized carbons (Fsp3) is 0.632. The Morgan fingerprint density at radius 2 is 2.04 bits per heavy atom. The number of ether oxygens (including phenoxy) is 1. The van der Waals surface area contributed by atoms with Crippen molar-refractivity contribution in [3.8, 4) is 0 Å². The van der Waals surface area contributed by atoms with Crippen LogP contribution in [0.1, 0.15) is 45.1 Å². The molecule has 1 aliphatic rings. The number of nitrogens with one attached hydrogen (secondary N) is 2. The van der Waals surface area contributed by atoms with E-state index < -0.39 is 4.92 Å². The summed E-state index contributed by atoms with van der Waals surface area (Å²) in [7, 11) is 0. The number of nitro groups is 1. The molecule has 8 heteroatoms. The summed E-state index contributed by atoms with van der Waals surface area (Å²) in [6.45, 7) is 7.29. The lowest BCUT2D eigenvalue weighted by atomic mass is 10.1. The molecule has 1 atom stereocenters. The summed E-state index contributed by atoms with van der Waals surface area (Å²) in [5.74, 6) is 1.39. The topological polar surface area (TPSA) is 88.8 Å². The van der Waals surface area contributed by atoms with Crippen LogP contribution in [0.25, 0.3) is 0 Å². The zero-order chi connectivity index (χ0) is 18.8. The van der Waals surface area contributed by atoms with Gasteiger partial charge >= 0.3 is 0 Å². The van der Waals surface area contributed by atoms with E-state index in [2.05, 4.69) is 29.5 Å². The van der Waals surface area contributed by atoms with Crippen molar-refractivity contribution >= 4 is 35.6 Å². The van der Waals surface area contributed by atoms with Crippen molar-refractivity contribution in [2.75, 3.05) is 19.7 Å². The summed E-state index contributed by atoms with van der Waals surface area (Å²) in [4.78, 5) is 15.0. The molecular formula is C19H31IN4O3. The summed E-state index contributed by atoms with van der Waals surface area (Å²) in [5, 5.41) is 17.5. The van der Waals surface area contributed by atoms with Crippen molar-refractivity contribution in [1.82, 2.24) is 10.6 Å². The third-order valence-electron chi connectivity index (χ3n) is 4.35. The molecule has 152 valence electrons. The maximum absolute atomic E-state index is 10.7. The summed E-state index contributed by atoms with van der Waals surface area (Å²) >= 11 is 0. The van der Waals surface area contributed by atoms with Crippen molar-refractivity contribution in [3.05, 3.63) is 39.9 Å². The van der Waals surface area contributed by atoms with Crippen LogP contribution < -0.4 is 10.6 Å². The molecule has 0 aliphatic carbocycles. The monoisotopic (exact) mass is 490 g/mol. The quantitative estimate of drug-likeness (QED) is 0.190. The van der Waals surface area contributed by atoms with Crippen molar-refractivity contribution in [3.63, 3.8) is 0 Å². The fourth-order valence-corrected chi connectivity index (χ4v) is 2.73. The van der Waals surface area contributed by atoms with Crippen molar-refractivity contribution < 1.29 is 9.66 Å². The zero-order valence-corrected chi connectivity index (χ0v) is 18.5. The van der Waals surface area contributed by atoms with E-state index in [9.17, 15) is 10.1 Å². The fourth-order valence-electron chi connectivity index (χ4n) is 2.73. The van der Waals surface area contributed by atoms with E-state index in [0.717, 1.165) is 50.5 Å². The smallest absolute Gasteiger partial charge is 0.269 e. The average molecular weight is 490 g/mol. The van der Waals surface area contributed by atoms with Gasteiger partial charge in [-0.2, -0.15) is 0 Å². The third kappa shape index (κ3) is 9.37. The zero-order valence-electron chi connectivity index (χ0n) is 16.1. The second kappa shape index (κ2) is 12.9. The molecule has 1 unspecified atom stereocenters. The van der Waals surface area contributed by atoms with Crippen LogP contribution in [0.3, 0.4) is 0 Å². The van der Waals surface area contributed by atoms with E-state index >= 15 is 0 Å². The first kappa shape index (κ1) is 23.6. The number of aliphatic imine (C=N–C) groups is 1. The van der Waals surface area contributed by atoms with Crippen LogP contribution in [0.15, 0.2) is 29.3 Å². The highest BCUT2D eigenvalue weighted by Gasteiger charge is 2.14. The first-order chi connectivity index (χ1) is 12.5. The first-order valence-corrected chi connectivity index (χ1v) is 9.41. The van der Waals surface area contributed by atoms with Crippen molar-refractivity contribution in [2.45, 2.75) is 52.2 Å². The van der Waals surface area contributed by atoms with E-state index in [-0.39, 0.29) is 35.8 Å². The molecule has 0 spiro atoms. The van der Waals surface area contributed by atoms with Crippen LogP contribution in [-0.2, 0) is 11.3 Å². The Morgan fingerprint density at radius 1 is 1.30 bits per heavy atom. The third-order valence-corrected chi connectivity index (χ3v) is 4.35. The SMILES string of the molecule is CC(C)CCNC(=NCc1ccc([N+](=O)[O-])cc1)NCC1CCCCO1.I. The Balaban J connectivity index is 0.00000364. The highest BCUT2D eigenvalue weighted by molar-refractivity contribution is 14.0. The van der Waals surface area contributed by atoms with Crippen LogP contribution in [-0.4, -0.2) is 36.7 Å². The van der Waals surface area contributed by atoms with Crippen molar-refractivity contribution in [2.24, 2.45) is 10.9 Å². The van der Waals surface area contributed by atoms with Crippen LogP contribution in [0.4, 0.5) is 5.69 Å². The van der Waals surface area contributed by atoms with E-state index in [1.165, 1.54) is 18.6 Å². The summed E-state index contributed by atoms with van der Waals surface area (Å²) in [6, 6.07) is 6.52. The molecule has 0 radical (unpaired) electrons. The number of rotatable bonds is 8. The molecule has 0 amide bonds. The van der Waals surface area contributed by atoms with E-state index in [1.54, 1.807) is 12.1 Å². The molecule has 0 saturated carbocycles. The molecule has 2 N–H and O–H groups in total. The number of guanidine groups is 1. The molecule has 0 aromatic heterocycles. The van der Waals surface area contributed by atoms with E-state index in [1.807, 2.05) is 0 Å². The lowest BCUT2D eigenvalue weighted by Gasteiger charge is -2.24. The van der Waals surface area contributed by atoms with Crippen LogP contribution in [0, 0.1) is 16.0 Å². The second-order valence-corrected chi connectivity index (χ2v) is 7.07. The van der Waals surface area contributed by atoms with Gasteiger partial charge in [-0.05, 0) is 37.2 Å². The predicted octanol–water partition coefficient (Wildman–Crippen LogP) is 3.86. The Hall–Kier alpha value is -1.42. The average Bonchev–Trinajstić information content (AvgIpc) is 2.64. The number of hydrogen-bond acceptors (Lipinski definition) is 4. The first-order valence-electron chi connectivity index (χ1n) is 9.41. The molecule has 2 rings (SSSR count). The van der Waals surface area contributed by atoms with Gasteiger partial charge in [-0.25, -0.2) is 4.99 Å². The van der Waals surface area contributed by atoms with Gasteiger partial charge in [0.05, 0.1) is 17.6 Å². The Morgan fingerprint density at radius 3 is 2.63 bits per heavy atom. The number of hydrogen-bond donors (Lipinski definition) is 2. The number of nitro benzene ring substituents is 1. The highest BCUT2D eigenvalue weighted by Crippen LogP contribution is 2.13. The van der Waals surface area contributed by atoms with Crippen LogP contribution in [0.2, 0.25) is 0 Å². The van der Waals surface area contributed by atoms with Gasteiger partial charge < -0.3 is 15.4 Å². The normalized spacial score (nSPS) is 17.3. The van der Waals surface area contributed by atoms with Gasteiger partial charge in [-0.3, -0.25) is 10.1 Å². The molecule has 7 nitrogen and oxygen atoms in total. The Bertz CT molecular complexity index is 587. The molecule has 27 heavy (non-hydrogen) atoms. The molecule has 1 aromatic carbocycles. The molecule has 1 aliphatic heterocycles. The van der Waals surface area contributed by atoms with E-state index in [4.69, 9.17) is 4.74 Å². The number of nitrogens with zero attached hydrogens (tertiary/aromatic N) is 2. The van der Waals surface area contributed by atoms with Gasteiger partial charge in [0.2, 0.25) is 0 Å². The van der Waals surface area contributed by atoms with Gasteiger partial charge in [0, 0.05) is 31.8 Å². The van der Waals surface area contributed by atoms with Crippen molar-refractivity contribution in [1.29, 1.82) is 0 Å². The lowest BCUT2D eigenvalue weighted by molar-refractivity contribution is -0.384. The van der Waals surface area contributed by atoms with Gasteiger partial charge in [0.1, 0.15) is 0 Å². The minimum atomic E-state index is -0.391.